The molecular weight excluding hydrogens is 242 g/mol. The van der Waals surface area contributed by atoms with Crippen LogP contribution in [-0.2, 0) is 6.54 Å². The number of aromatic nitrogens is 1. The zero-order valence-corrected chi connectivity index (χ0v) is 10.6. The first kappa shape index (κ1) is 11.9. The van der Waals surface area contributed by atoms with E-state index in [0.717, 1.165) is 11.6 Å². The Morgan fingerprint density at radius 1 is 1.69 bits per heavy atom. The van der Waals surface area contributed by atoms with E-state index in [0.29, 0.717) is 17.5 Å². The molecule has 1 aromatic heterocycles. The topological polar surface area (TPSA) is 68.0 Å². The number of carbonyl (C=O) groups excluding carboxylic acids is 1. The zero-order valence-electron chi connectivity index (χ0n) is 8.94. The van der Waals surface area contributed by atoms with E-state index < -0.39 is 0 Å². The number of nitrogens with zero attached hydrogens (tertiary/aromatic N) is 1. The molecule has 0 saturated carbocycles. The van der Waals surface area contributed by atoms with Crippen LogP contribution in [0.2, 0.25) is 0 Å². The van der Waals surface area contributed by atoms with Crippen LogP contribution >= 0.6 is 23.1 Å². The van der Waals surface area contributed by atoms with Gasteiger partial charge in [-0.1, -0.05) is 0 Å². The summed E-state index contributed by atoms with van der Waals surface area (Å²) >= 11 is 3.37. The van der Waals surface area contributed by atoms with Gasteiger partial charge < -0.3 is 11.1 Å². The second-order valence-electron chi connectivity index (χ2n) is 3.68. The highest BCUT2D eigenvalue weighted by atomic mass is 32.2. The molecule has 1 amide bonds. The summed E-state index contributed by atoms with van der Waals surface area (Å²) in [6.45, 7) is 1.15. The molecule has 0 aliphatic carbocycles. The van der Waals surface area contributed by atoms with Gasteiger partial charge in [0.25, 0.3) is 5.91 Å². The van der Waals surface area contributed by atoms with E-state index in [1.54, 1.807) is 5.38 Å². The minimum absolute atomic E-state index is 0.0801. The number of amides is 1. The van der Waals surface area contributed by atoms with Crippen molar-refractivity contribution in [3.8, 4) is 0 Å². The highest BCUT2D eigenvalue weighted by Crippen LogP contribution is 2.25. The maximum absolute atomic E-state index is 11.7. The number of thiazole rings is 1. The molecular formula is C10H15N3OS2. The standard InChI is InChI=1S/C10H15N3OS2/c11-4-9-13-8(6-16-9)10(14)12-5-7-2-1-3-15-7/h6-7H,1-5,11H2,(H,12,14). The monoisotopic (exact) mass is 257 g/mol. The summed E-state index contributed by atoms with van der Waals surface area (Å²) in [6, 6.07) is 0. The summed E-state index contributed by atoms with van der Waals surface area (Å²) in [5, 5.41) is 6.07. The lowest BCUT2D eigenvalue weighted by Gasteiger charge is -2.08. The van der Waals surface area contributed by atoms with Gasteiger partial charge in [0, 0.05) is 23.7 Å². The second-order valence-corrected chi connectivity index (χ2v) is 6.03. The van der Waals surface area contributed by atoms with Gasteiger partial charge in [0.15, 0.2) is 0 Å². The van der Waals surface area contributed by atoms with Gasteiger partial charge >= 0.3 is 0 Å². The van der Waals surface area contributed by atoms with Crippen molar-refractivity contribution in [2.75, 3.05) is 12.3 Å². The molecule has 2 rings (SSSR count). The van der Waals surface area contributed by atoms with Crippen molar-refractivity contribution in [1.82, 2.24) is 10.3 Å². The van der Waals surface area contributed by atoms with Crippen LogP contribution < -0.4 is 11.1 Å². The Bertz CT molecular complexity index is 361. The molecule has 1 aliphatic rings. The average Bonchev–Trinajstić information content (AvgIpc) is 2.96. The molecule has 1 unspecified atom stereocenters. The highest BCUT2D eigenvalue weighted by Gasteiger charge is 2.17. The molecule has 1 atom stereocenters. The fourth-order valence-electron chi connectivity index (χ4n) is 1.61. The van der Waals surface area contributed by atoms with E-state index in [4.69, 9.17) is 5.73 Å². The van der Waals surface area contributed by atoms with Crippen LogP contribution in [0.25, 0.3) is 0 Å². The van der Waals surface area contributed by atoms with Crippen molar-refractivity contribution in [3.05, 3.63) is 16.1 Å². The minimum Gasteiger partial charge on any atom is -0.350 e. The van der Waals surface area contributed by atoms with Crippen LogP contribution in [0.3, 0.4) is 0 Å². The molecule has 1 aromatic rings. The normalized spacial score (nSPS) is 19.9. The lowest BCUT2D eigenvalue weighted by atomic mass is 10.2. The van der Waals surface area contributed by atoms with Crippen LogP contribution in [0, 0.1) is 0 Å². The Hall–Kier alpha value is -0.590. The molecule has 2 heterocycles. The van der Waals surface area contributed by atoms with E-state index in [-0.39, 0.29) is 5.91 Å². The Morgan fingerprint density at radius 3 is 3.19 bits per heavy atom. The first-order valence-electron chi connectivity index (χ1n) is 5.34. The van der Waals surface area contributed by atoms with Crippen molar-refractivity contribution in [1.29, 1.82) is 0 Å². The number of nitrogens with one attached hydrogen (secondary N) is 1. The first-order chi connectivity index (χ1) is 7.79. The van der Waals surface area contributed by atoms with E-state index >= 15 is 0 Å². The molecule has 88 valence electrons. The summed E-state index contributed by atoms with van der Waals surface area (Å²) < 4.78 is 0. The number of hydrogen-bond acceptors (Lipinski definition) is 5. The minimum atomic E-state index is -0.0801. The Kier molecular flexibility index (Phi) is 4.20. The number of thioether (sulfide) groups is 1. The van der Waals surface area contributed by atoms with Crippen molar-refractivity contribution >= 4 is 29.0 Å². The van der Waals surface area contributed by atoms with Gasteiger partial charge in [0.1, 0.15) is 10.7 Å². The fraction of sp³-hybridized carbons (Fsp3) is 0.600. The molecule has 6 heteroatoms. The number of nitrogens with two attached hydrogens (primary N) is 1. The van der Waals surface area contributed by atoms with Crippen LogP contribution in [0.1, 0.15) is 28.3 Å². The third-order valence-corrected chi connectivity index (χ3v) is 4.74. The van der Waals surface area contributed by atoms with Crippen LogP contribution in [-0.4, -0.2) is 28.4 Å². The van der Waals surface area contributed by atoms with Crippen LogP contribution in [0.4, 0.5) is 0 Å². The molecule has 0 bridgehead atoms. The predicted octanol–water partition coefficient (Wildman–Crippen LogP) is 1.23. The van der Waals surface area contributed by atoms with E-state index in [9.17, 15) is 4.79 Å². The van der Waals surface area contributed by atoms with Gasteiger partial charge in [-0.15, -0.1) is 11.3 Å². The summed E-state index contributed by atoms with van der Waals surface area (Å²) in [7, 11) is 0. The summed E-state index contributed by atoms with van der Waals surface area (Å²) in [6.07, 6.45) is 2.47. The number of hydrogen-bond donors (Lipinski definition) is 2. The lowest BCUT2D eigenvalue weighted by Crippen LogP contribution is -2.29. The molecule has 3 N–H and O–H groups in total. The van der Waals surface area contributed by atoms with Gasteiger partial charge in [-0.25, -0.2) is 4.98 Å². The Balaban J connectivity index is 1.82. The van der Waals surface area contributed by atoms with E-state index in [2.05, 4.69) is 10.3 Å². The highest BCUT2D eigenvalue weighted by molar-refractivity contribution is 8.00. The average molecular weight is 257 g/mol. The van der Waals surface area contributed by atoms with Crippen LogP contribution in [0.5, 0.6) is 0 Å². The number of rotatable bonds is 4. The van der Waals surface area contributed by atoms with Gasteiger partial charge in [-0.3, -0.25) is 4.79 Å². The second kappa shape index (κ2) is 5.65. The maximum Gasteiger partial charge on any atom is 0.270 e. The molecule has 1 saturated heterocycles. The molecule has 16 heavy (non-hydrogen) atoms. The van der Waals surface area contributed by atoms with E-state index in [1.807, 2.05) is 11.8 Å². The summed E-state index contributed by atoms with van der Waals surface area (Å²) in [5.74, 6) is 1.14. The maximum atomic E-state index is 11.7. The molecule has 0 spiro atoms. The third kappa shape index (κ3) is 2.96. The van der Waals surface area contributed by atoms with Crippen molar-refractivity contribution < 1.29 is 4.79 Å². The Morgan fingerprint density at radius 2 is 2.56 bits per heavy atom. The zero-order chi connectivity index (χ0) is 11.4. The third-order valence-electron chi connectivity index (χ3n) is 2.47. The van der Waals surface area contributed by atoms with E-state index in [1.165, 1.54) is 29.9 Å². The van der Waals surface area contributed by atoms with Gasteiger partial charge in [0.2, 0.25) is 0 Å². The van der Waals surface area contributed by atoms with Crippen LogP contribution in [0.15, 0.2) is 5.38 Å². The molecule has 1 aliphatic heterocycles. The van der Waals surface area contributed by atoms with Gasteiger partial charge in [-0.2, -0.15) is 11.8 Å². The van der Waals surface area contributed by atoms with Crippen molar-refractivity contribution in [2.24, 2.45) is 5.73 Å². The molecule has 0 radical (unpaired) electrons. The number of carbonyl (C=O) groups is 1. The lowest BCUT2D eigenvalue weighted by molar-refractivity contribution is 0.0949. The van der Waals surface area contributed by atoms with Crippen molar-refractivity contribution in [3.63, 3.8) is 0 Å². The molecule has 4 nitrogen and oxygen atoms in total. The first-order valence-corrected chi connectivity index (χ1v) is 7.26. The summed E-state index contributed by atoms with van der Waals surface area (Å²) in [4.78, 5) is 15.9. The van der Waals surface area contributed by atoms with Gasteiger partial charge in [-0.05, 0) is 18.6 Å². The molecule has 0 aromatic carbocycles. The quantitative estimate of drug-likeness (QED) is 0.851. The SMILES string of the molecule is NCc1nc(C(=O)NCC2CCCS2)cs1. The largest absolute Gasteiger partial charge is 0.350 e. The fourth-order valence-corrected chi connectivity index (χ4v) is 3.47. The van der Waals surface area contributed by atoms with Gasteiger partial charge in [0.05, 0.1) is 0 Å². The molecule has 1 fully saturated rings. The predicted molar refractivity (Wildman–Crippen MR) is 67.8 cm³/mol. The Labute approximate surface area is 103 Å². The smallest absolute Gasteiger partial charge is 0.270 e. The van der Waals surface area contributed by atoms with Crippen molar-refractivity contribution in [2.45, 2.75) is 24.6 Å². The summed E-state index contributed by atoms with van der Waals surface area (Å²) in [5.41, 5.74) is 5.94.